The average molecular weight is 341 g/mol. The molecule has 0 spiro atoms. The number of hydrogen-bond acceptors (Lipinski definition) is 2. The molecule has 0 radical (unpaired) electrons. The van der Waals surface area contributed by atoms with Gasteiger partial charge in [0.2, 0.25) is 5.91 Å². The molecule has 112 valence electrons. The number of carbonyl (C=O) groups is 1. The average Bonchev–Trinajstić information content (AvgIpc) is 2.38. The maximum absolute atomic E-state index is 12.1. The van der Waals surface area contributed by atoms with Gasteiger partial charge in [0.15, 0.2) is 0 Å². The second-order valence-corrected chi connectivity index (χ2v) is 6.51. The van der Waals surface area contributed by atoms with Crippen LogP contribution < -0.4 is 11.1 Å². The molecular formula is C16H25BrN2O. The van der Waals surface area contributed by atoms with Crippen LogP contribution in [0.25, 0.3) is 0 Å². The highest BCUT2D eigenvalue weighted by Crippen LogP contribution is 2.19. The summed E-state index contributed by atoms with van der Waals surface area (Å²) in [5.41, 5.74) is 6.83. The first-order chi connectivity index (χ1) is 9.40. The van der Waals surface area contributed by atoms with Crippen molar-refractivity contribution in [3.8, 4) is 0 Å². The maximum atomic E-state index is 12.1. The lowest BCUT2D eigenvalue weighted by Crippen LogP contribution is -2.31. The van der Waals surface area contributed by atoms with E-state index in [1.165, 1.54) is 0 Å². The molecular weight excluding hydrogens is 316 g/mol. The fourth-order valence-electron chi connectivity index (χ4n) is 2.09. The van der Waals surface area contributed by atoms with Gasteiger partial charge in [-0.1, -0.05) is 41.4 Å². The minimum Gasteiger partial charge on any atom is -0.349 e. The first-order valence-electron chi connectivity index (χ1n) is 7.21. The smallest absolute Gasteiger partial charge is 0.223 e. The summed E-state index contributed by atoms with van der Waals surface area (Å²) in [5, 5.41) is 3.07. The molecule has 4 heteroatoms. The van der Waals surface area contributed by atoms with Crippen LogP contribution in [0.1, 0.15) is 51.6 Å². The topological polar surface area (TPSA) is 55.1 Å². The van der Waals surface area contributed by atoms with E-state index in [1.807, 2.05) is 45.0 Å². The lowest BCUT2D eigenvalue weighted by atomic mass is 10.0. The van der Waals surface area contributed by atoms with Crippen LogP contribution in [0.4, 0.5) is 0 Å². The lowest BCUT2D eigenvalue weighted by molar-refractivity contribution is -0.125. The number of carbonyl (C=O) groups excluding carboxylic acids is 1. The molecule has 0 aliphatic carbocycles. The molecule has 0 aliphatic rings. The van der Waals surface area contributed by atoms with Gasteiger partial charge in [-0.15, -0.1) is 0 Å². The fraction of sp³-hybridized carbons (Fsp3) is 0.562. The summed E-state index contributed by atoms with van der Waals surface area (Å²) < 4.78 is 1.03. The summed E-state index contributed by atoms with van der Waals surface area (Å²) in [6.07, 6.45) is 2.86. The van der Waals surface area contributed by atoms with E-state index in [-0.39, 0.29) is 23.9 Å². The monoisotopic (exact) mass is 340 g/mol. The number of halogens is 1. The summed E-state index contributed by atoms with van der Waals surface area (Å²) >= 11 is 3.45. The van der Waals surface area contributed by atoms with Crippen molar-refractivity contribution in [3.63, 3.8) is 0 Å². The van der Waals surface area contributed by atoms with Gasteiger partial charge in [0.1, 0.15) is 0 Å². The van der Waals surface area contributed by atoms with Crippen LogP contribution in [0.2, 0.25) is 0 Å². The van der Waals surface area contributed by atoms with Gasteiger partial charge < -0.3 is 11.1 Å². The van der Waals surface area contributed by atoms with Gasteiger partial charge in [0.05, 0.1) is 6.04 Å². The Hall–Kier alpha value is -0.870. The highest BCUT2D eigenvalue weighted by Gasteiger charge is 2.16. The highest BCUT2D eigenvalue weighted by atomic mass is 79.9. The van der Waals surface area contributed by atoms with Crippen molar-refractivity contribution in [2.75, 3.05) is 0 Å². The summed E-state index contributed by atoms with van der Waals surface area (Å²) in [4.78, 5) is 12.1. The van der Waals surface area contributed by atoms with Crippen LogP contribution in [0, 0.1) is 5.92 Å². The van der Waals surface area contributed by atoms with E-state index < -0.39 is 0 Å². The SMILES string of the molecule is CC(N)CCCC(C)C(=O)N[C@H](C)c1cccc(Br)c1. The molecule has 0 heterocycles. The molecule has 3 nitrogen and oxygen atoms in total. The summed E-state index contributed by atoms with van der Waals surface area (Å²) in [7, 11) is 0. The van der Waals surface area contributed by atoms with Crippen molar-refractivity contribution >= 4 is 21.8 Å². The van der Waals surface area contributed by atoms with Crippen LogP contribution in [0.5, 0.6) is 0 Å². The summed E-state index contributed by atoms with van der Waals surface area (Å²) in [6, 6.07) is 8.26. The predicted molar refractivity (Wildman–Crippen MR) is 87.4 cm³/mol. The Kier molecular flexibility index (Phi) is 7.24. The third-order valence-electron chi connectivity index (χ3n) is 3.45. The molecule has 1 rings (SSSR count). The fourth-order valence-corrected chi connectivity index (χ4v) is 2.51. The predicted octanol–water partition coefficient (Wildman–Crippen LogP) is 3.78. The number of nitrogens with one attached hydrogen (secondary N) is 1. The number of nitrogens with two attached hydrogens (primary N) is 1. The van der Waals surface area contributed by atoms with Crippen molar-refractivity contribution in [2.45, 2.75) is 52.1 Å². The Balaban J connectivity index is 2.44. The van der Waals surface area contributed by atoms with E-state index in [0.29, 0.717) is 0 Å². The first kappa shape index (κ1) is 17.2. The van der Waals surface area contributed by atoms with Crippen LogP contribution >= 0.6 is 15.9 Å². The van der Waals surface area contributed by atoms with Crippen molar-refractivity contribution < 1.29 is 4.79 Å². The molecule has 1 aromatic carbocycles. The standard InChI is InChI=1S/C16H25BrN2O/c1-11(6-4-7-12(2)18)16(20)19-13(3)14-8-5-9-15(17)10-14/h5,8-13H,4,6-7,18H2,1-3H3,(H,19,20)/t11?,12?,13-/m1/s1. The molecule has 0 saturated carbocycles. The van der Waals surface area contributed by atoms with Gasteiger partial charge in [0.25, 0.3) is 0 Å². The molecule has 1 aromatic rings. The lowest BCUT2D eigenvalue weighted by Gasteiger charge is -2.18. The maximum Gasteiger partial charge on any atom is 0.223 e. The van der Waals surface area contributed by atoms with E-state index >= 15 is 0 Å². The Morgan fingerprint density at radius 1 is 1.30 bits per heavy atom. The number of rotatable bonds is 7. The summed E-state index contributed by atoms with van der Waals surface area (Å²) in [5.74, 6) is 0.144. The van der Waals surface area contributed by atoms with Crippen LogP contribution in [0.3, 0.4) is 0 Å². The quantitative estimate of drug-likeness (QED) is 0.793. The van der Waals surface area contributed by atoms with Crippen LogP contribution in [-0.4, -0.2) is 11.9 Å². The van der Waals surface area contributed by atoms with Crippen molar-refractivity contribution in [1.82, 2.24) is 5.32 Å². The molecule has 20 heavy (non-hydrogen) atoms. The van der Waals surface area contributed by atoms with Crippen LogP contribution in [-0.2, 0) is 4.79 Å². The second kappa shape index (κ2) is 8.42. The van der Waals surface area contributed by atoms with Gasteiger partial charge >= 0.3 is 0 Å². The van der Waals surface area contributed by atoms with Gasteiger partial charge in [-0.25, -0.2) is 0 Å². The number of hydrogen-bond donors (Lipinski definition) is 2. The Morgan fingerprint density at radius 3 is 2.60 bits per heavy atom. The molecule has 0 saturated heterocycles. The van der Waals surface area contributed by atoms with E-state index in [2.05, 4.69) is 21.2 Å². The van der Waals surface area contributed by atoms with Gasteiger partial charge in [0, 0.05) is 16.4 Å². The number of benzene rings is 1. The third kappa shape index (κ3) is 6.06. The zero-order valence-corrected chi connectivity index (χ0v) is 14.1. The molecule has 2 unspecified atom stereocenters. The highest BCUT2D eigenvalue weighted by molar-refractivity contribution is 9.10. The zero-order valence-electron chi connectivity index (χ0n) is 12.5. The largest absolute Gasteiger partial charge is 0.349 e. The molecule has 3 N–H and O–H groups in total. The minimum absolute atomic E-state index is 0.0240. The van der Waals surface area contributed by atoms with Gasteiger partial charge in [-0.05, 0) is 44.4 Å². The van der Waals surface area contributed by atoms with Crippen LogP contribution in [0.15, 0.2) is 28.7 Å². The van der Waals surface area contributed by atoms with Crippen molar-refractivity contribution in [2.24, 2.45) is 11.7 Å². The third-order valence-corrected chi connectivity index (χ3v) is 3.94. The first-order valence-corrected chi connectivity index (χ1v) is 8.01. The van der Waals surface area contributed by atoms with E-state index in [9.17, 15) is 4.79 Å². The molecule has 3 atom stereocenters. The Labute approximate surface area is 130 Å². The molecule has 0 aromatic heterocycles. The molecule has 0 fully saturated rings. The number of amides is 1. The van der Waals surface area contributed by atoms with Gasteiger partial charge in [-0.2, -0.15) is 0 Å². The van der Waals surface area contributed by atoms with Gasteiger partial charge in [-0.3, -0.25) is 4.79 Å². The molecule has 1 amide bonds. The van der Waals surface area contributed by atoms with E-state index in [0.717, 1.165) is 29.3 Å². The second-order valence-electron chi connectivity index (χ2n) is 5.59. The zero-order chi connectivity index (χ0) is 15.1. The van der Waals surface area contributed by atoms with E-state index in [4.69, 9.17) is 5.73 Å². The molecule has 0 bridgehead atoms. The van der Waals surface area contributed by atoms with Crippen molar-refractivity contribution in [3.05, 3.63) is 34.3 Å². The minimum atomic E-state index is 0.0240. The van der Waals surface area contributed by atoms with E-state index in [1.54, 1.807) is 0 Å². The van der Waals surface area contributed by atoms with Crippen molar-refractivity contribution in [1.29, 1.82) is 0 Å². The normalized spacial score (nSPS) is 15.4. The Morgan fingerprint density at radius 2 is 2.00 bits per heavy atom. The summed E-state index contributed by atoms with van der Waals surface area (Å²) in [6.45, 7) is 5.98. The Bertz CT molecular complexity index is 434. The molecule has 0 aliphatic heterocycles.